The van der Waals surface area contributed by atoms with Crippen LogP contribution >= 0.6 is 0 Å². The minimum atomic E-state index is -0.241. The van der Waals surface area contributed by atoms with E-state index in [1.807, 2.05) is 51.1 Å². The van der Waals surface area contributed by atoms with Crippen LogP contribution in [-0.2, 0) is 4.79 Å². The Kier molecular flexibility index (Phi) is 5.35. The maximum absolute atomic E-state index is 13.1. The second-order valence-corrected chi connectivity index (χ2v) is 7.95. The second kappa shape index (κ2) is 8.10. The van der Waals surface area contributed by atoms with Crippen molar-refractivity contribution in [1.29, 1.82) is 0 Å². The number of aryl methyl sites for hydroxylation is 1. The number of rotatable bonds is 6. The molecule has 0 bridgehead atoms. The monoisotopic (exact) mass is 403 g/mol. The minimum absolute atomic E-state index is 0.0369. The number of benzene rings is 1. The maximum Gasteiger partial charge on any atom is 0.259 e. The van der Waals surface area contributed by atoms with Crippen LogP contribution in [0.2, 0.25) is 0 Å². The lowest BCUT2D eigenvalue weighted by atomic mass is 10.0. The van der Waals surface area contributed by atoms with Gasteiger partial charge >= 0.3 is 0 Å². The van der Waals surface area contributed by atoms with Gasteiger partial charge in [0.05, 0.1) is 17.5 Å². The first-order valence-electron chi connectivity index (χ1n) is 10.2. The zero-order chi connectivity index (χ0) is 21.3. The Bertz CT molecular complexity index is 1080. The Morgan fingerprint density at radius 2 is 1.93 bits per heavy atom. The van der Waals surface area contributed by atoms with Gasteiger partial charge in [-0.25, -0.2) is 9.67 Å². The van der Waals surface area contributed by atoms with Gasteiger partial charge in [-0.1, -0.05) is 26.0 Å². The molecule has 2 N–H and O–H groups in total. The van der Waals surface area contributed by atoms with E-state index in [0.717, 1.165) is 24.1 Å². The highest BCUT2D eigenvalue weighted by molar-refractivity contribution is 6.06. The van der Waals surface area contributed by atoms with Crippen molar-refractivity contribution in [3.63, 3.8) is 0 Å². The van der Waals surface area contributed by atoms with E-state index in [1.54, 1.807) is 23.1 Å². The molecule has 1 saturated carbocycles. The van der Waals surface area contributed by atoms with Gasteiger partial charge in [0.1, 0.15) is 0 Å². The van der Waals surface area contributed by atoms with Crippen molar-refractivity contribution in [1.82, 2.24) is 14.8 Å². The first-order valence-corrected chi connectivity index (χ1v) is 10.2. The van der Waals surface area contributed by atoms with Gasteiger partial charge in [-0.15, -0.1) is 0 Å². The van der Waals surface area contributed by atoms with E-state index in [1.165, 1.54) is 0 Å². The molecule has 0 radical (unpaired) electrons. The van der Waals surface area contributed by atoms with Crippen LogP contribution in [-0.4, -0.2) is 26.6 Å². The number of pyridine rings is 1. The van der Waals surface area contributed by atoms with Crippen LogP contribution in [0.5, 0.6) is 0 Å². The van der Waals surface area contributed by atoms with Crippen LogP contribution in [0.15, 0.2) is 48.8 Å². The van der Waals surface area contributed by atoms with Crippen LogP contribution < -0.4 is 10.6 Å². The molecule has 3 aromatic rings. The molecule has 0 unspecified atom stereocenters. The summed E-state index contributed by atoms with van der Waals surface area (Å²) in [6.07, 6.45) is 5.16. The van der Waals surface area contributed by atoms with Crippen molar-refractivity contribution < 1.29 is 9.59 Å². The molecule has 1 aliphatic carbocycles. The zero-order valence-electron chi connectivity index (χ0n) is 17.3. The molecule has 0 atom stereocenters. The molecule has 1 aromatic carbocycles. The lowest BCUT2D eigenvalue weighted by molar-refractivity contribution is -0.117. The smallest absolute Gasteiger partial charge is 0.259 e. The number of hydrogen-bond acceptors (Lipinski definition) is 4. The first-order chi connectivity index (χ1) is 14.4. The summed E-state index contributed by atoms with van der Waals surface area (Å²) in [7, 11) is 0. The predicted molar refractivity (Wildman–Crippen MR) is 116 cm³/mol. The van der Waals surface area contributed by atoms with Crippen molar-refractivity contribution in [2.75, 3.05) is 10.6 Å². The van der Waals surface area contributed by atoms with Crippen molar-refractivity contribution in [3.8, 4) is 5.82 Å². The van der Waals surface area contributed by atoms with Gasteiger partial charge in [0.15, 0.2) is 5.82 Å². The van der Waals surface area contributed by atoms with Gasteiger partial charge in [0, 0.05) is 23.5 Å². The van der Waals surface area contributed by atoms with E-state index < -0.39 is 0 Å². The predicted octanol–water partition coefficient (Wildman–Crippen LogP) is 4.30. The van der Waals surface area contributed by atoms with Crippen LogP contribution in [0.3, 0.4) is 0 Å². The van der Waals surface area contributed by atoms with E-state index >= 15 is 0 Å². The summed E-state index contributed by atoms with van der Waals surface area (Å²) in [5.74, 6) is 0.654. The minimum Gasteiger partial charge on any atom is -0.326 e. The highest BCUT2D eigenvalue weighted by Gasteiger charge is 2.29. The van der Waals surface area contributed by atoms with Gasteiger partial charge in [0.2, 0.25) is 5.91 Å². The number of carbonyl (C=O) groups is 2. The fraction of sp³-hybridized carbons (Fsp3) is 0.304. The van der Waals surface area contributed by atoms with Crippen molar-refractivity contribution in [2.45, 2.75) is 39.5 Å². The molecule has 7 nitrogen and oxygen atoms in total. The SMILES string of the molecule is Cc1ccc(NC(=O)C2CC2)cc1NC(=O)c1cnn(-c2ccccn2)c1C(C)C. The highest BCUT2D eigenvalue weighted by atomic mass is 16.2. The standard InChI is InChI=1S/C23H25N5O2/c1-14(2)21-18(13-25-28(21)20-6-4-5-11-24-20)23(30)27-19-12-17(10-7-15(19)3)26-22(29)16-8-9-16/h4-7,10-14,16H,8-9H2,1-3H3,(H,26,29)(H,27,30). The van der Waals surface area contributed by atoms with Crippen molar-refractivity contribution >= 4 is 23.2 Å². The summed E-state index contributed by atoms with van der Waals surface area (Å²) in [6.45, 7) is 5.96. The van der Waals surface area contributed by atoms with Gasteiger partial charge in [-0.2, -0.15) is 5.10 Å². The Morgan fingerprint density at radius 1 is 1.13 bits per heavy atom. The molecule has 154 valence electrons. The van der Waals surface area contributed by atoms with E-state index in [0.29, 0.717) is 22.8 Å². The fourth-order valence-electron chi connectivity index (χ4n) is 3.36. The summed E-state index contributed by atoms with van der Waals surface area (Å²) in [6, 6.07) is 11.1. The largest absolute Gasteiger partial charge is 0.326 e. The molecule has 0 saturated heterocycles. The lowest BCUT2D eigenvalue weighted by Gasteiger charge is -2.14. The Hall–Kier alpha value is -3.48. The van der Waals surface area contributed by atoms with E-state index in [-0.39, 0.29) is 23.7 Å². The molecule has 0 aliphatic heterocycles. The van der Waals surface area contributed by atoms with Crippen LogP contribution in [0.1, 0.15) is 54.2 Å². The topological polar surface area (TPSA) is 88.9 Å². The highest BCUT2D eigenvalue weighted by Crippen LogP contribution is 2.31. The summed E-state index contributed by atoms with van der Waals surface area (Å²) in [4.78, 5) is 29.5. The maximum atomic E-state index is 13.1. The van der Waals surface area contributed by atoms with Gasteiger partial charge in [-0.3, -0.25) is 9.59 Å². The lowest BCUT2D eigenvalue weighted by Crippen LogP contribution is -2.17. The van der Waals surface area contributed by atoms with Crippen molar-refractivity contribution in [2.24, 2.45) is 5.92 Å². The molecule has 2 amide bonds. The molecule has 1 aliphatic rings. The molecule has 2 aromatic heterocycles. The molecule has 30 heavy (non-hydrogen) atoms. The Morgan fingerprint density at radius 3 is 2.60 bits per heavy atom. The van der Waals surface area contributed by atoms with E-state index in [9.17, 15) is 9.59 Å². The van der Waals surface area contributed by atoms with Crippen LogP contribution in [0.25, 0.3) is 5.82 Å². The molecule has 0 spiro atoms. The molecular weight excluding hydrogens is 378 g/mol. The van der Waals surface area contributed by atoms with Gasteiger partial charge in [0.25, 0.3) is 5.91 Å². The third kappa shape index (κ3) is 4.10. The third-order valence-corrected chi connectivity index (χ3v) is 5.17. The number of hydrogen-bond donors (Lipinski definition) is 2. The molecular formula is C23H25N5O2. The van der Waals surface area contributed by atoms with Crippen LogP contribution in [0.4, 0.5) is 11.4 Å². The molecule has 7 heteroatoms. The number of nitrogens with one attached hydrogen (secondary N) is 2. The van der Waals surface area contributed by atoms with Gasteiger partial charge in [-0.05, 0) is 55.5 Å². The number of anilines is 2. The first kappa shape index (κ1) is 19.8. The number of amides is 2. The number of carbonyl (C=O) groups excluding carboxylic acids is 2. The Balaban J connectivity index is 1.60. The van der Waals surface area contributed by atoms with E-state index in [2.05, 4.69) is 20.7 Å². The molecule has 1 fully saturated rings. The number of nitrogens with zero attached hydrogens (tertiary/aromatic N) is 3. The molecule has 4 rings (SSSR count). The summed E-state index contributed by atoms with van der Waals surface area (Å²) in [5.41, 5.74) is 3.55. The van der Waals surface area contributed by atoms with E-state index in [4.69, 9.17) is 0 Å². The van der Waals surface area contributed by atoms with Gasteiger partial charge < -0.3 is 10.6 Å². The zero-order valence-corrected chi connectivity index (χ0v) is 17.3. The quantitative estimate of drug-likeness (QED) is 0.642. The normalized spacial score (nSPS) is 13.3. The second-order valence-electron chi connectivity index (χ2n) is 7.95. The van der Waals surface area contributed by atoms with Crippen molar-refractivity contribution in [3.05, 3.63) is 65.6 Å². The fourth-order valence-corrected chi connectivity index (χ4v) is 3.36. The number of aromatic nitrogens is 3. The van der Waals surface area contributed by atoms with Crippen LogP contribution in [0, 0.1) is 12.8 Å². The summed E-state index contributed by atoms with van der Waals surface area (Å²) in [5, 5.41) is 10.3. The molecule has 2 heterocycles. The summed E-state index contributed by atoms with van der Waals surface area (Å²) >= 11 is 0. The average molecular weight is 403 g/mol. The summed E-state index contributed by atoms with van der Waals surface area (Å²) < 4.78 is 1.71. The third-order valence-electron chi connectivity index (χ3n) is 5.17. The average Bonchev–Trinajstić information content (AvgIpc) is 3.49. The Labute approximate surface area is 175 Å².